The van der Waals surface area contributed by atoms with Crippen LogP contribution in [0.5, 0.6) is 0 Å². The monoisotopic (exact) mass is 349 g/mol. The Morgan fingerprint density at radius 3 is 1.43 bits per heavy atom. The number of rotatable bonds is 18. The molecule has 0 spiro atoms. The van der Waals surface area contributed by atoms with Crippen molar-refractivity contribution in [3.63, 3.8) is 0 Å². The van der Waals surface area contributed by atoms with Crippen molar-refractivity contribution < 1.29 is 19.1 Å². The van der Waals surface area contributed by atoms with Crippen LogP contribution in [0.15, 0.2) is 0 Å². The van der Waals surface area contributed by atoms with Crippen LogP contribution >= 0.6 is 8.25 Å². The molecule has 2 unspecified atom stereocenters. The average molecular weight is 349 g/mol. The third kappa shape index (κ3) is 19.9. The Morgan fingerprint density at radius 2 is 1.09 bits per heavy atom. The zero-order valence-corrected chi connectivity index (χ0v) is 15.9. The molecule has 0 aliphatic carbocycles. The van der Waals surface area contributed by atoms with Crippen LogP contribution < -0.4 is 0 Å². The van der Waals surface area contributed by atoms with Crippen LogP contribution in [0.4, 0.5) is 0 Å². The molecule has 2 N–H and O–H groups in total. The van der Waals surface area contributed by atoms with Crippen molar-refractivity contribution in [2.24, 2.45) is 0 Å². The van der Waals surface area contributed by atoms with Crippen LogP contribution in [-0.2, 0) is 9.09 Å². The van der Waals surface area contributed by atoms with Gasteiger partial charge in [-0.15, -0.1) is 4.89 Å². The van der Waals surface area contributed by atoms with Crippen molar-refractivity contribution in [1.82, 2.24) is 0 Å². The van der Waals surface area contributed by atoms with Gasteiger partial charge in [0.15, 0.2) is 0 Å². The maximum Gasteiger partial charge on any atom is 0.697 e. The summed E-state index contributed by atoms with van der Waals surface area (Å²) in [7, 11) is -2.68. The van der Waals surface area contributed by atoms with Gasteiger partial charge in [-0.1, -0.05) is 101 Å². The van der Waals surface area contributed by atoms with Gasteiger partial charge in [0.1, 0.15) is 0 Å². The van der Waals surface area contributed by atoms with E-state index in [2.05, 4.69) is 11.4 Å². The normalized spacial score (nSPS) is 13.3. The summed E-state index contributed by atoms with van der Waals surface area (Å²) in [6, 6.07) is 0. The highest BCUT2D eigenvalue weighted by Crippen LogP contribution is 2.20. The molecule has 0 aliphatic heterocycles. The van der Waals surface area contributed by atoms with Gasteiger partial charge in [0.05, 0.1) is 0 Å². The molecular weight excluding hydrogens is 311 g/mol. The van der Waals surface area contributed by atoms with Crippen molar-refractivity contribution in [2.45, 2.75) is 116 Å². The van der Waals surface area contributed by atoms with Crippen LogP contribution in [0, 0.1) is 0 Å². The van der Waals surface area contributed by atoms with Crippen LogP contribution in [0.1, 0.15) is 110 Å². The zero-order chi connectivity index (χ0) is 17.2. The lowest BCUT2D eigenvalue weighted by Gasteiger charge is -2.04. The molecule has 0 bridgehead atoms. The van der Waals surface area contributed by atoms with Gasteiger partial charge in [-0.05, 0) is 6.42 Å². The molecule has 0 saturated heterocycles. The van der Waals surface area contributed by atoms with Gasteiger partial charge < -0.3 is 5.11 Å². The Bertz CT molecular complexity index is 261. The van der Waals surface area contributed by atoms with Crippen LogP contribution in [0.25, 0.3) is 0 Å². The summed E-state index contributed by atoms with van der Waals surface area (Å²) < 4.78 is 14.7. The van der Waals surface area contributed by atoms with Gasteiger partial charge in [-0.3, -0.25) is 0 Å². The molecule has 138 valence electrons. The molecule has 0 radical (unpaired) electrons. The summed E-state index contributed by atoms with van der Waals surface area (Å²) in [6.07, 6.45) is 18.9. The molecule has 2 atom stereocenters. The summed E-state index contributed by atoms with van der Waals surface area (Å²) in [5.74, 6) is 0. The van der Waals surface area contributed by atoms with E-state index in [1.165, 1.54) is 83.5 Å². The molecule has 5 heteroatoms. The van der Waals surface area contributed by atoms with Crippen molar-refractivity contribution in [1.29, 1.82) is 0 Å². The third-order valence-corrected chi connectivity index (χ3v) is 4.69. The van der Waals surface area contributed by atoms with Crippen molar-refractivity contribution in [3.8, 4) is 0 Å². The highest BCUT2D eigenvalue weighted by molar-refractivity contribution is 7.32. The molecule has 0 saturated carbocycles. The lowest BCUT2D eigenvalue weighted by molar-refractivity contribution is -0.0257. The number of hydrogen-bond donors (Lipinski definition) is 2. The highest BCUT2D eigenvalue weighted by atomic mass is 31.1. The fourth-order valence-electron chi connectivity index (χ4n) is 2.85. The maximum absolute atomic E-state index is 10.3. The quantitative estimate of drug-likeness (QED) is 0.175. The summed E-state index contributed by atoms with van der Waals surface area (Å²) in [4.78, 5) is 8.48. The van der Waals surface area contributed by atoms with E-state index in [1.54, 1.807) is 0 Å². The third-order valence-electron chi connectivity index (χ3n) is 4.27. The molecule has 0 rings (SSSR count). The first-order chi connectivity index (χ1) is 11.2. The summed E-state index contributed by atoms with van der Waals surface area (Å²) >= 11 is 0. The fraction of sp³-hybridized carbons (Fsp3) is 1.00. The summed E-state index contributed by atoms with van der Waals surface area (Å²) in [6.45, 7) is 2.26. The Labute approximate surface area is 144 Å². The Morgan fingerprint density at radius 1 is 0.739 bits per heavy atom. The minimum Gasteiger partial charge on any atom is -0.364 e. The molecule has 0 aliphatic rings. The van der Waals surface area contributed by atoms with E-state index >= 15 is 0 Å². The van der Waals surface area contributed by atoms with Gasteiger partial charge in [0.2, 0.25) is 6.29 Å². The average Bonchev–Trinajstić information content (AvgIpc) is 2.50. The minimum absolute atomic E-state index is 0.444. The number of hydrogen-bond acceptors (Lipinski definition) is 3. The smallest absolute Gasteiger partial charge is 0.364 e. The number of aliphatic hydroxyl groups excluding tert-OH is 1. The summed E-state index contributed by atoms with van der Waals surface area (Å²) in [5.41, 5.74) is 0. The lowest BCUT2D eigenvalue weighted by Crippen LogP contribution is -2.06. The van der Waals surface area contributed by atoms with E-state index < -0.39 is 14.5 Å². The van der Waals surface area contributed by atoms with Crippen molar-refractivity contribution in [3.05, 3.63) is 0 Å². The van der Waals surface area contributed by atoms with Gasteiger partial charge >= 0.3 is 8.25 Å². The molecule has 0 amide bonds. The highest BCUT2D eigenvalue weighted by Gasteiger charge is 2.19. The SMILES string of the molecule is CCCCCCCCCCCCCCCCCC(O)O[P+](=O)O. The van der Waals surface area contributed by atoms with E-state index in [1.807, 2.05) is 0 Å². The van der Waals surface area contributed by atoms with Crippen LogP contribution in [0.3, 0.4) is 0 Å². The lowest BCUT2D eigenvalue weighted by atomic mass is 10.0. The van der Waals surface area contributed by atoms with Gasteiger partial charge in [-0.25, -0.2) is 0 Å². The molecular formula is C18H38O4P+. The molecule has 4 nitrogen and oxygen atoms in total. The predicted molar refractivity (Wildman–Crippen MR) is 96.5 cm³/mol. The van der Waals surface area contributed by atoms with Crippen LogP contribution in [-0.4, -0.2) is 16.3 Å². The molecule has 23 heavy (non-hydrogen) atoms. The van der Waals surface area contributed by atoms with E-state index in [4.69, 9.17) is 4.89 Å². The molecule has 0 aromatic carbocycles. The summed E-state index contributed by atoms with van der Waals surface area (Å²) in [5, 5.41) is 9.26. The topological polar surface area (TPSA) is 66.8 Å². The standard InChI is InChI=1S/C18H37O4P/c1-2-3-4-5-6-7-8-9-10-11-12-13-14-15-16-17-18(19)22-23(20)21/h18-19H,2-17H2,1H3/p+1. The first-order valence-corrected chi connectivity index (χ1v) is 10.8. The van der Waals surface area contributed by atoms with E-state index in [9.17, 15) is 9.67 Å². The first kappa shape index (κ1) is 23.0. The largest absolute Gasteiger partial charge is 0.697 e. The molecule has 0 aromatic heterocycles. The minimum atomic E-state index is -2.68. The van der Waals surface area contributed by atoms with Gasteiger partial charge in [0.25, 0.3) is 0 Å². The van der Waals surface area contributed by atoms with Crippen molar-refractivity contribution >= 4 is 8.25 Å². The second-order valence-corrected chi connectivity index (χ2v) is 7.22. The second-order valence-electron chi connectivity index (χ2n) is 6.54. The molecule has 0 aromatic rings. The molecule has 0 heterocycles. The van der Waals surface area contributed by atoms with E-state index in [0.29, 0.717) is 6.42 Å². The van der Waals surface area contributed by atoms with Gasteiger partial charge in [-0.2, -0.15) is 0 Å². The van der Waals surface area contributed by atoms with E-state index in [-0.39, 0.29) is 0 Å². The fourth-order valence-corrected chi connectivity index (χ4v) is 3.16. The van der Waals surface area contributed by atoms with Crippen molar-refractivity contribution in [2.75, 3.05) is 0 Å². The Hall–Kier alpha value is -0.0200. The first-order valence-electron chi connectivity index (χ1n) is 9.67. The van der Waals surface area contributed by atoms with Gasteiger partial charge in [0, 0.05) is 11.0 Å². The zero-order valence-electron chi connectivity index (χ0n) is 15.0. The number of unbranched alkanes of at least 4 members (excludes halogenated alkanes) is 14. The second kappa shape index (κ2) is 18.3. The number of aliphatic hydroxyl groups is 1. The Kier molecular flexibility index (Phi) is 18.3. The maximum atomic E-state index is 10.3. The predicted octanol–water partition coefficient (Wildman–Crippen LogP) is 6.23. The van der Waals surface area contributed by atoms with Crippen LogP contribution in [0.2, 0.25) is 0 Å². The molecule has 0 fully saturated rings. The Balaban J connectivity index is 3.06. The van der Waals surface area contributed by atoms with E-state index in [0.717, 1.165) is 12.8 Å².